The predicted octanol–water partition coefficient (Wildman–Crippen LogP) is 3.73. The van der Waals surface area contributed by atoms with Crippen molar-refractivity contribution in [1.29, 1.82) is 0 Å². The van der Waals surface area contributed by atoms with E-state index in [1.807, 2.05) is 48.2 Å². The Bertz CT molecular complexity index is 1180. The SMILES string of the molecule is CCC(O)c1ccc2c(-c3cc(Cl)cc4c3OC(C(=O)N3CCNCC3)C4)ccnc2c1. The number of carbonyl (C=O) groups is 1. The molecule has 2 aliphatic heterocycles. The van der Waals surface area contributed by atoms with Gasteiger partial charge in [-0.05, 0) is 41.8 Å². The van der Waals surface area contributed by atoms with E-state index in [1.165, 1.54) is 0 Å². The molecule has 3 heterocycles. The summed E-state index contributed by atoms with van der Waals surface area (Å²) < 4.78 is 6.26. The summed E-state index contributed by atoms with van der Waals surface area (Å²) in [5.74, 6) is 0.746. The molecule has 0 aliphatic carbocycles. The van der Waals surface area contributed by atoms with Crippen molar-refractivity contribution < 1.29 is 14.6 Å². The second-order valence-electron chi connectivity index (χ2n) is 8.39. The lowest BCUT2D eigenvalue weighted by molar-refractivity contribution is -0.138. The van der Waals surface area contributed by atoms with Gasteiger partial charge in [0.05, 0.1) is 11.6 Å². The number of hydrogen-bond acceptors (Lipinski definition) is 5. The second-order valence-corrected chi connectivity index (χ2v) is 8.82. The van der Waals surface area contributed by atoms with Crippen LogP contribution >= 0.6 is 11.6 Å². The maximum Gasteiger partial charge on any atom is 0.264 e. The molecule has 1 amide bonds. The lowest BCUT2D eigenvalue weighted by Crippen LogP contribution is -2.50. The van der Waals surface area contributed by atoms with Gasteiger partial charge in [-0.1, -0.05) is 30.7 Å². The molecule has 2 aliphatic rings. The smallest absolute Gasteiger partial charge is 0.264 e. The molecule has 0 spiro atoms. The summed E-state index contributed by atoms with van der Waals surface area (Å²) in [5.41, 5.74) is 4.40. The number of nitrogens with zero attached hydrogens (tertiary/aromatic N) is 2. The molecule has 1 saturated heterocycles. The van der Waals surface area contributed by atoms with Gasteiger partial charge in [0.1, 0.15) is 5.75 Å². The minimum absolute atomic E-state index is 0.0301. The minimum atomic E-state index is -0.528. The van der Waals surface area contributed by atoms with Gasteiger partial charge < -0.3 is 20.1 Å². The van der Waals surface area contributed by atoms with Gasteiger partial charge in [-0.15, -0.1) is 0 Å². The highest BCUT2D eigenvalue weighted by Crippen LogP contribution is 2.43. The Kier molecular flexibility index (Phi) is 5.76. The molecule has 6 nitrogen and oxygen atoms in total. The summed E-state index contributed by atoms with van der Waals surface area (Å²) in [5, 5.41) is 15.1. The molecule has 0 saturated carbocycles. The van der Waals surface area contributed by atoms with E-state index in [2.05, 4.69) is 10.3 Å². The first kappa shape index (κ1) is 21.2. The van der Waals surface area contributed by atoms with Gasteiger partial charge in [0, 0.05) is 60.3 Å². The fourth-order valence-electron chi connectivity index (χ4n) is 4.59. The first-order chi connectivity index (χ1) is 15.5. The van der Waals surface area contributed by atoms with Crippen molar-refractivity contribution in [2.24, 2.45) is 0 Å². The van der Waals surface area contributed by atoms with E-state index in [-0.39, 0.29) is 5.91 Å². The first-order valence-electron chi connectivity index (χ1n) is 11.1. The number of ether oxygens (including phenoxy) is 1. The van der Waals surface area contributed by atoms with Crippen LogP contribution < -0.4 is 10.1 Å². The fourth-order valence-corrected chi connectivity index (χ4v) is 4.83. The van der Waals surface area contributed by atoms with Gasteiger partial charge in [0.25, 0.3) is 5.91 Å². The molecule has 1 aromatic heterocycles. The highest BCUT2D eigenvalue weighted by molar-refractivity contribution is 6.31. The molecule has 0 radical (unpaired) electrons. The van der Waals surface area contributed by atoms with Gasteiger partial charge in [-0.2, -0.15) is 0 Å². The summed E-state index contributed by atoms with van der Waals surface area (Å²) in [6, 6.07) is 11.6. The van der Waals surface area contributed by atoms with E-state index in [1.54, 1.807) is 6.20 Å². The van der Waals surface area contributed by atoms with Crippen LogP contribution in [0.5, 0.6) is 5.75 Å². The van der Waals surface area contributed by atoms with Crippen molar-refractivity contribution in [3.63, 3.8) is 0 Å². The summed E-state index contributed by atoms with van der Waals surface area (Å²) in [7, 11) is 0. The third kappa shape index (κ3) is 3.83. The molecule has 2 atom stereocenters. The number of carbonyl (C=O) groups excluding carboxylic acids is 1. The van der Waals surface area contributed by atoms with Crippen LogP contribution in [0.15, 0.2) is 42.6 Å². The number of fused-ring (bicyclic) bond motifs is 2. The number of piperazine rings is 1. The molecule has 2 unspecified atom stereocenters. The van der Waals surface area contributed by atoms with E-state index in [4.69, 9.17) is 16.3 Å². The fraction of sp³-hybridized carbons (Fsp3) is 0.360. The molecule has 32 heavy (non-hydrogen) atoms. The van der Waals surface area contributed by atoms with Gasteiger partial charge in [-0.25, -0.2) is 0 Å². The number of aliphatic hydroxyl groups excluding tert-OH is 1. The molecule has 3 aromatic rings. The summed E-state index contributed by atoms with van der Waals surface area (Å²) >= 11 is 6.48. The van der Waals surface area contributed by atoms with Crippen molar-refractivity contribution in [3.05, 3.63) is 58.7 Å². The van der Waals surface area contributed by atoms with Crippen LogP contribution in [0.25, 0.3) is 22.0 Å². The molecule has 2 N–H and O–H groups in total. The monoisotopic (exact) mass is 451 g/mol. The van der Waals surface area contributed by atoms with E-state index in [0.29, 0.717) is 36.7 Å². The lowest BCUT2D eigenvalue weighted by Gasteiger charge is -2.29. The Labute approximate surface area is 192 Å². The minimum Gasteiger partial charge on any atom is -0.479 e. The molecular weight excluding hydrogens is 426 g/mol. The van der Waals surface area contributed by atoms with Gasteiger partial charge in [-0.3, -0.25) is 9.78 Å². The number of amides is 1. The second kappa shape index (κ2) is 8.70. The number of aliphatic hydroxyl groups is 1. The lowest BCUT2D eigenvalue weighted by atomic mass is 9.96. The zero-order valence-electron chi connectivity index (χ0n) is 18.0. The van der Waals surface area contributed by atoms with Gasteiger partial charge >= 0.3 is 0 Å². The largest absolute Gasteiger partial charge is 0.479 e. The molecule has 2 aromatic carbocycles. The van der Waals surface area contributed by atoms with Crippen LogP contribution in [-0.4, -0.2) is 53.2 Å². The Morgan fingerprint density at radius 1 is 1.25 bits per heavy atom. The highest BCUT2D eigenvalue weighted by atomic mass is 35.5. The van der Waals surface area contributed by atoms with Crippen molar-refractivity contribution in [2.75, 3.05) is 26.2 Å². The van der Waals surface area contributed by atoms with E-state index in [0.717, 1.165) is 46.2 Å². The number of halogens is 1. The predicted molar refractivity (Wildman–Crippen MR) is 125 cm³/mol. The number of pyridine rings is 1. The maximum atomic E-state index is 13.1. The molecule has 7 heteroatoms. The van der Waals surface area contributed by atoms with E-state index < -0.39 is 12.2 Å². The summed E-state index contributed by atoms with van der Waals surface area (Å²) in [6.07, 6.45) is 1.87. The van der Waals surface area contributed by atoms with Crippen molar-refractivity contribution >= 4 is 28.4 Å². The van der Waals surface area contributed by atoms with Crippen LogP contribution in [-0.2, 0) is 11.2 Å². The Hall–Kier alpha value is -2.67. The Morgan fingerprint density at radius 3 is 2.84 bits per heavy atom. The van der Waals surface area contributed by atoms with Crippen molar-refractivity contribution in [3.8, 4) is 16.9 Å². The summed E-state index contributed by atoms with van der Waals surface area (Å²) in [6.45, 7) is 4.96. The third-order valence-electron chi connectivity index (χ3n) is 6.33. The number of aromatic nitrogens is 1. The average molecular weight is 452 g/mol. The van der Waals surface area contributed by atoms with Crippen molar-refractivity contribution in [2.45, 2.75) is 32.0 Å². The van der Waals surface area contributed by atoms with Crippen molar-refractivity contribution in [1.82, 2.24) is 15.2 Å². The van der Waals surface area contributed by atoms with Crippen LogP contribution in [0, 0.1) is 0 Å². The van der Waals surface area contributed by atoms with Crippen LogP contribution in [0.4, 0.5) is 0 Å². The number of hydrogen-bond donors (Lipinski definition) is 2. The van der Waals surface area contributed by atoms with Gasteiger partial charge in [0.15, 0.2) is 6.10 Å². The Morgan fingerprint density at radius 2 is 2.06 bits per heavy atom. The zero-order valence-corrected chi connectivity index (χ0v) is 18.7. The van der Waals surface area contributed by atoms with E-state index >= 15 is 0 Å². The molecule has 1 fully saturated rings. The number of rotatable bonds is 4. The van der Waals surface area contributed by atoms with Crippen LogP contribution in [0.2, 0.25) is 5.02 Å². The first-order valence-corrected chi connectivity index (χ1v) is 11.5. The standard InChI is InChI=1S/C25H26ClN3O3/c1-2-22(30)15-3-4-19-18(5-6-28-21(19)12-15)20-14-17(26)11-16-13-23(32-24(16)20)25(31)29-9-7-27-8-10-29/h3-6,11-12,14,22-23,27,30H,2,7-10,13H2,1H3. The summed E-state index contributed by atoms with van der Waals surface area (Å²) in [4.78, 5) is 19.4. The molecule has 166 valence electrons. The topological polar surface area (TPSA) is 74.7 Å². The zero-order chi connectivity index (χ0) is 22.2. The average Bonchev–Trinajstić information content (AvgIpc) is 3.26. The van der Waals surface area contributed by atoms with Crippen LogP contribution in [0.1, 0.15) is 30.6 Å². The van der Waals surface area contributed by atoms with Gasteiger partial charge in [0.2, 0.25) is 0 Å². The normalized spacial score (nSPS) is 19.0. The molecule has 0 bridgehead atoms. The quantitative estimate of drug-likeness (QED) is 0.632. The maximum absolute atomic E-state index is 13.1. The number of nitrogens with one attached hydrogen (secondary N) is 1. The molecule has 5 rings (SSSR count). The molecular formula is C25H26ClN3O3. The Balaban J connectivity index is 1.53. The van der Waals surface area contributed by atoms with E-state index in [9.17, 15) is 9.90 Å². The highest BCUT2D eigenvalue weighted by Gasteiger charge is 2.35. The third-order valence-corrected chi connectivity index (χ3v) is 6.55. The number of benzene rings is 2. The van der Waals surface area contributed by atoms with Crippen LogP contribution in [0.3, 0.4) is 0 Å².